The van der Waals surface area contributed by atoms with Gasteiger partial charge in [0, 0.05) is 26.0 Å². The van der Waals surface area contributed by atoms with Crippen LogP contribution in [0, 0.1) is 0 Å². The summed E-state index contributed by atoms with van der Waals surface area (Å²) in [6, 6.07) is 0. The van der Waals surface area contributed by atoms with Gasteiger partial charge >= 0.3 is 0 Å². The van der Waals surface area contributed by atoms with Gasteiger partial charge in [-0.1, -0.05) is 0 Å². The van der Waals surface area contributed by atoms with Crippen molar-refractivity contribution in [1.82, 2.24) is 24.5 Å². The molecule has 2 rings (SSSR count). The first-order valence-electron chi connectivity index (χ1n) is 5.35. The van der Waals surface area contributed by atoms with Crippen LogP contribution in [0.3, 0.4) is 0 Å². The van der Waals surface area contributed by atoms with Crippen molar-refractivity contribution in [1.29, 1.82) is 0 Å². The van der Waals surface area contributed by atoms with Gasteiger partial charge in [0.1, 0.15) is 6.33 Å². The Balaban J connectivity index is 2.17. The zero-order chi connectivity index (χ0) is 13.0. The fraction of sp³-hybridized carbons (Fsp3) is 0.400. The topological polar surface area (TPSA) is 77.8 Å². The number of ether oxygens (including phenoxy) is 1. The monoisotopic (exact) mass is 268 g/mol. The highest BCUT2D eigenvalue weighted by Crippen LogP contribution is 2.09. The van der Waals surface area contributed by atoms with E-state index in [9.17, 15) is 0 Å². The third kappa shape index (κ3) is 3.14. The molecule has 8 heteroatoms. The van der Waals surface area contributed by atoms with Crippen LogP contribution in [0.1, 0.15) is 6.92 Å². The number of imidazole rings is 1. The number of methoxy groups -OCH3 is 1. The van der Waals surface area contributed by atoms with Gasteiger partial charge in [0.2, 0.25) is 17.2 Å². The number of nitrogens with zero attached hydrogens (tertiary/aromatic N) is 5. The van der Waals surface area contributed by atoms with E-state index in [2.05, 4.69) is 25.3 Å². The first-order chi connectivity index (χ1) is 8.69. The second-order valence-corrected chi connectivity index (χ2v) is 3.96. The van der Waals surface area contributed by atoms with Crippen molar-refractivity contribution in [3.8, 4) is 5.95 Å². The first-order valence-corrected chi connectivity index (χ1v) is 5.73. The first kappa shape index (κ1) is 12.7. The summed E-state index contributed by atoms with van der Waals surface area (Å²) in [7, 11) is 1.64. The Bertz CT molecular complexity index is 503. The van der Waals surface area contributed by atoms with Gasteiger partial charge in [-0.2, -0.15) is 15.0 Å². The SMILES string of the molecule is COC(C)CNc1nc(Cl)nc(-n2ccnc2)n1. The molecule has 2 aromatic rings. The van der Waals surface area contributed by atoms with E-state index in [0.29, 0.717) is 18.4 Å². The van der Waals surface area contributed by atoms with Crippen molar-refractivity contribution in [3.63, 3.8) is 0 Å². The van der Waals surface area contributed by atoms with Crippen LogP contribution in [-0.4, -0.2) is 44.3 Å². The predicted molar refractivity (Wildman–Crippen MR) is 66.9 cm³/mol. The van der Waals surface area contributed by atoms with Gasteiger partial charge in [-0.3, -0.25) is 4.57 Å². The molecular weight excluding hydrogens is 256 g/mol. The van der Waals surface area contributed by atoms with Crippen molar-refractivity contribution in [2.45, 2.75) is 13.0 Å². The molecule has 2 heterocycles. The number of hydrogen-bond acceptors (Lipinski definition) is 6. The maximum absolute atomic E-state index is 5.85. The largest absolute Gasteiger partial charge is 0.380 e. The lowest BCUT2D eigenvalue weighted by atomic mass is 10.4. The smallest absolute Gasteiger partial charge is 0.241 e. The van der Waals surface area contributed by atoms with Gasteiger partial charge in [0.25, 0.3) is 0 Å². The highest BCUT2D eigenvalue weighted by Gasteiger charge is 2.07. The molecule has 0 aliphatic heterocycles. The van der Waals surface area contributed by atoms with Crippen LogP contribution < -0.4 is 5.32 Å². The molecule has 1 unspecified atom stereocenters. The summed E-state index contributed by atoms with van der Waals surface area (Å²) in [5, 5.41) is 3.16. The quantitative estimate of drug-likeness (QED) is 0.877. The lowest BCUT2D eigenvalue weighted by molar-refractivity contribution is 0.128. The molecule has 0 amide bonds. The van der Waals surface area contributed by atoms with Crippen molar-refractivity contribution in [2.75, 3.05) is 19.0 Å². The zero-order valence-electron chi connectivity index (χ0n) is 10.0. The standard InChI is InChI=1S/C10H13ClN6O/c1-7(18-2)5-13-9-14-8(11)15-10(16-9)17-4-3-12-6-17/h3-4,6-7H,5H2,1-2H3,(H,13,14,15,16). The number of hydrogen-bond donors (Lipinski definition) is 1. The molecule has 96 valence electrons. The van der Waals surface area contributed by atoms with Crippen LogP contribution in [0.2, 0.25) is 5.28 Å². The van der Waals surface area contributed by atoms with Gasteiger partial charge in [0.05, 0.1) is 6.10 Å². The summed E-state index contributed by atoms with van der Waals surface area (Å²) in [5.74, 6) is 0.822. The van der Waals surface area contributed by atoms with E-state index in [-0.39, 0.29) is 11.4 Å². The number of nitrogens with one attached hydrogen (secondary N) is 1. The molecule has 18 heavy (non-hydrogen) atoms. The molecule has 0 radical (unpaired) electrons. The molecule has 0 aliphatic carbocycles. The van der Waals surface area contributed by atoms with E-state index >= 15 is 0 Å². The molecule has 0 bridgehead atoms. The summed E-state index contributed by atoms with van der Waals surface area (Å²) in [6.07, 6.45) is 5.01. The molecular formula is C10H13ClN6O. The fourth-order valence-electron chi connectivity index (χ4n) is 1.23. The number of rotatable bonds is 5. The number of aromatic nitrogens is 5. The molecule has 0 saturated carbocycles. The van der Waals surface area contributed by atoms with Crippen molar-refractivity contribution in [2.24, 2.45) is 0 Å². The van der Waals surface area contributed by atoms with E-state index in [1.54, 1.807) is 30.4 Å². The second kappa shape index (κ2) is 5.74. The summed E-state index contributed by atoms with van der Waals surface area (Å²) in [4.78, 5) is 16.2. The van der Waals surface area contributed by atoms with Gasteiger partial charge < -0.3 is 10.1 Å². The van der Waals surface area contributed by atoms with Crippen LogP contribution >= 0.6 is 11.6 Å². The Labute approximate surface area is 109 Å². The van der Waals surface area contributed by atoms with Crippen LogP contribution in [0.25, 0.3) is 5.95 Å². The minimum atomic E-state index is 0.0530. The van der Waals surface area contributed by atoms with Gasteiger partial charge in [-0.15, -0.1) is 0 Å². The Hall–Kier alpha value is -1.73. The van der Waals surface area contributed by atoms with Crippen LogP contribution in [0.15, 0.2) is 18.7 Å². The molecule has 0 aliphatic rings. The van der Waals surface area contributed by atoms with Gasteiger partial charge in [-0.25, -0.2) is 4.98 Å². The molecule has 1 N–H and O–H groups in total. The molecule has 0 spiro atoms. The van der Waals surface area contributed by atoms with E-state index in [4.69, 9.17) is 16.3 Å². The minimum Gasteiger partial charge on any atom is -0.380 e. The lowest BCUT2D eigenvalue weighted by Crippen LogP contribution is -2.20. The van der Waals surface area contributed by atoms with E-state index < -0.39 is 0 Å². The third-order valence-electron chi connectivity index (χ3n) is 2.28. The molecule has 0 aromatic carbocycles. The second-order valence-electron chi connectivity index (χ2n) is 3.63. The Morgan fingerprint density at radius 2 is 2.28 bits per heavy atom. The van der Waals surface area contributed by atoms with Crippen LogP contribution in [-0.2, 0) is 4.74 Å². The summed E-state index contributed by atoms with van der Waals surface area (Å²) in [5.41, 5.74) is 0. The average molecular weight is 269 g/mol. The molecule has 0 saturated heterocycles. The highest BCUT2D eigenvalue weighted by atomic mass is 35.5. The van der Waals surface area contributed by atoms with E-state index in [0.717, 1.165) is 0 Å². The van der Waals surface area contributed by atoms with Crippen molar-refractivity contribution >= 4 is 17.5 Å². The normalized spacial score (nSPS) is 12.4. The zero-order valence-corrected chi connectivity index (χ0v) is 10.8. The maximum atomic E-state index is 5.85. The molecule has 0 fully saturated rings. The lowest BCUT2D eigenvalue weighted by Gasteiger charge is -2.11. The Kier molecular flexibility index (Phi) is 4.06. The summed E-state index contributed by atoms with van der Waals surface area (Å²) < 4.78 is 6.77. The average Bonchev–Trinajstić information content (AvgIpc) is 2.89. The predicted octanol–water partition coefficient (Wildman–Crippen LogP) is 1.16. The summed E-state index contributed by atoms with van der Waals surface area (Å²) >= 11 is 5.85. The van der Waals surface area contributed by atoms with Crippen LogP contribution in [0.4, 0.5) is 5.95 Å². The Morgan fingerprint density at radius 1 is 1.44 bits per heavy atom. The minimum absolute atomic E-state index is 0.0530. The van der Waals surface area contributed by atoms with Gasteiger partial charge in [0.15, 0.2) is 0 Å². The van der Waals surface area contributed by atoms with E-state index in [1.807, 2.05) is 6.92 Å². The van der Waals surface area contributed by atoms with Gasteiger partial charge in [-0.05, 0) is 18.5 Å². The molecule has 7 nitrogen and oxygen atoms in total. The fourth-order valence-corrected chi connectivity index (χ4v) is 1.39. The number of halogens is 1. The Morgan fingerprint density at radius 3 is 2.94 bits per heavy atom. The van der Waals surface area contributed by atoms with E-state index in [1.165, 1.54) is 0 Å². The highest BCUT2D eigenvalue weighted by molar-refractivity contribution is 6.28. The maximum Gasteiger partial charge on any atom is 0.241 e. The van der Waals surface area contributed by atoms with Crippen molar-refractivity contribution in [3.05, 3.63) is 24.0 Å². The molecule has 2 aromatic heterocycles. The number of anilines is 1. The third-order valence-corrected chi connectivity index (χ3v) is 2.45. The summed E-state index contributed by atoms with van der Waals surface area (Å²) in [6.45, 7) is 2.52. The van der Waals surface area contributed by atoms with Crippen molar-refractivity contribution < 1.29 is 4.74 Å². The van der Waals surface area contributed by atoms with Crippen LogP contribution in [0.5, 0.6) is 0 Å². The molecule has 1 atom stereocenters.